The van der Waals surface area contributed by atoms with E-state index in [1.165, 1.54) is 0 Å². The highest BCUT2D eigenvalue weighted by Gasteiger charge is 2.13. The number of tetrazole rings is 1. The van der Waals surface area contributed by atoms with Crippen LogP contribution in [0.3, 0.4) is 0 Å². The summed E-state index contributed by atoms with van der Waals surface area (Å²) in [6.07, 6.45) is 0.360. The molecule has 0 fully saturated rings. The third-order valence-corrected chi connectivity index (χ3v) is 1.83. The fourth-order valence-corrected chi connectivity index (χ4v) is 0.863. The van der Waals surface area contributed by atoms with Gasteiger partial charge in [-0.05, 0) is 11.6 Å². The Labute approximate surface area is 85.1 Å². The smallest absolute Gasteiger partial charge is 0.306 e. The van der Waals surface area contributed by atoms with Gasteiger partial charge in [-0.1, -0.05) is 6.92 Å². The van der Waals surface area contributed by atoms with E-state index >= 15 is 0 Å². The summed E-state index contributed by atoms with van der Waals surface area (Å²) in [5.74, 6) is -1.90. The largest absolute Gasteiger partial charge is 0.481 e. The number of carbonyl (C=O) groups excluding carboxylic acids is 1. The number of carboxylic acids is 1. The maximum absolute atomic E-state index is 11.2. The second kappa shape index (κ2) is 5.03. The first-order valence-corrected chi connectivity index (χ1v) is 4.35. The average molecular weight is 213 g/mol. The van der Waals surface area contributed by atoms with E-state index in [9.17, 15) is 9.59 Å². The molecule has 0 saturated carbocycles. The number of rotatable bonds is 5. The zero-order chi connectivity index (χ0) is 11.3. The highest BCUT2D eigenvalue weighted by Crippen LogP contribution is 1.99. The molecule has 1 atom stereocenters. The van der Waals surface area contributed by atoms with Crippen LogP contribution in [0.2, 0.25) is 0 Å². The Morgan fingerprint density at radius 2 is 2.33 bits per heavy atom. The quantitative estimate of drug-likeness (QED) is 0.579. The predicted octanol–water partition coefficient (Wildman–Crippen LogP) is -0.960. The molecule has 0 radical (unpaired) electrons. The number of aromatic amines is 1. The van der Waals surface area contributed by atoms with Crippen molar-refractivity contribution in [3.63, 3.8) is 0 Å². The fourth-order valence-electron chi connectivity index (χ4n) is 0.863. The third-order valence-electron chi connectivity index (χ3n) is 1.83. The van der Waals surface area contributed by atoms with Crippen molar-refractivity contribution < 1.29 is 14.7 Å². The van der Waals surface area contributed by atoms with Gasteiger partial charge in [-0.2, -0.15) is 5.21 Å². The molecule has 0 unspecified atom stereocenters. The molecule has 0 aliphatic heterocycles. The second-order valence-electron chi connectivity index (χ2n) is 3.02. The van der Waals surface area contributed by atoms with Gasteiger partial charge in [0, 0.05) is 6.54 Å². The van der Waals surface area contributed by atoms with Crippen LogP contribution in [0.25, 0.3) is 0 Å². The first-order chi connectivity index (χ1) is 7.11. The summed E-state index contributed by atoms with van der Waals surface area (Å²) in [5.41, 5.74) is 0. The molecule has 0 aliphatic rings. The van der Waals surface area contributed by atoms with Gasteiger partial charge in [0.25, 0.3) is 11.7 Å². The molecule has 1 heterocycles. The number of amides is 1. The monoisotopic (exact) mass is 213 g/mol. The zero-order valence-corrected chi connectivity index (χ0v) is 8.10. The molecule has 0 bridgehead atoms. The van der Waals surface area contributed by atoms with Gasteiger partial charge in [0.15, 0.2) is 0 Å². The van der Waals surface area contributed by atoms with Crippen molar-refractivity contribution in [2.75, 3.05) is 6.54 Å². The van der Waals surface area contributed by atoms with Crippen LogP contribution in [0, 0.1) is 5.92 Å². The second-order valence-corrected chi connectivity index (χ2v) is 3.02. The van der Waals surface area contributed by atoms with Crippen molar-refractivity contribution in [3.05, 3.63) is 5.82 Å². The van der Waals surface area contributed by atoms with E-state index in [0.717, 1.165) is 0 Å². The number of nitrogens with zero attached hydrogens (tertiary/aromatic N) is 3. The number of H-pyrrole nitrogens is 1. The SMILES string of the molecule is C[C@H](CCNC(=O)c1nn[nH]n1)C(=O)O. The molecule has 8 nitrogen and oxygen atoms in total. The van der Waals surface area contributed by atoms with Crippen molar-refractivity contribution in [3.8, 4) is 0 Å². The summed E-state index contributed by atoms with van der Waals surface area (Å²) < 4.78 is 0. The molecular weight excluding hydrogens is 202 g/mol. The molecule has 1 aromatic heterocycles. The summed E-state index contributed by atoms with van der Waals surface area (Å²) in [6.45, 7) is 1.84. The minimum Gasteiger partial charge on any atom is -0.481 e. The van der Waals surface area contributed by atoms with Gasteiger partial charge < -0.3 is 10.4 Å². The summed E-state index contributed by atoms with van der Waals surface area (Å²) >= 11 is 0. The zero-order valence-electron chi connectivity index (χ0n) is 8.10. The summed E-state index contributed by atoms with van der Waals surface area (Å²) in [7, 11) is 0. The Hall–Kier alpha value is -1.99. The minimum absolute atomic E-state index is 0.0574. The number of hydrogen-bond acceptors (Lipinski definition) is 5. The van der Waals surface area contributed by atoms with Gasteiger partial charge in [0.2, 0.25) is 0 Å². The van der Waals surface area contributed by atoms with Crippen molar-refractivity contribution in [1.82, 2.24) is 25.9 Å². The highest BCUT2D eigenvalue weighted by atomic mass is 16.4. The van der Waals surface area contributed by atoms with Gasteiger partial charge in [0.1, 0.15) is 0 Å². The minimum atomic E-state index is -0.885. The van der Waals surface area contributed by atoms with Crippen molar-refractivity contribution in [2.24, 2.45) is 5.92 Å². The van der Waals surface area contributed by atoms with Crippen LogP contribution in [-0.2, 0) is 4.79 Å². The molecule has 3 N–H and O–H groups in total. The summed E-state index contributed by atoms with van der Waals surface area (Å²) in [6, 6.07) is 0. The lowest BCUT2D eigenvalue weighted by atomic mass is 10.1. The van der Waals surface area contributed by atoms with Crippen LogP contribution in [0.1, 0.15) is 24.0 Å². The van der Waals surface area contributed by atoms with Crippen LogP contribution >= 0.6 is 0 Å². The molecule has 82 valence electrons. The van der Waals surface area contributed by atoms with E-state index in [2.05, 4.69) is 25.9 Å². The topological polar surface area (TPSA) is 121 Å². The van der Waals surface area contributed by atoms with E-state index < -0.39 is 17.8 Å². The predicted molar refractivity (Wildman–Crippen MR) is 47.9 cm³/mol. The molecule has 1 amide bonds. The maximum atomic E-state index is 11.2. The Kier molecular flexibility index (Phi) is 3.72. The molecule has 0 saturated heterocycles. The Balaban J connectivity index is 2.27. The van der Waals surface area contributed by atoms with E-state index in [4.69, 9.17) is 5.11 Å². The van der Waals surface area contributed by atoms with Gasteiger partial charge >= 0.3 is 5.97 Å². The van der Waals surface area contributed by atoms with Crippen molar-refractivity contribution in [1.29, 1.82) is 0 Å². The Morgan fingerprint density at radius 3 is 2.87 bits per heavy atom. The molecule has 0 aromatic carbocycles. The van der Waals surface area contributed by atoms with Gasteiger partial charge in [0.05, 0.1) is 5.92 Å². The van der Waals surface area contributed by atoms with Crippen LogP contribution in [-0.4, -0.2) is 44.2 Å². The van der Waals surface area contributed by atoms with E-state index in [1.54, 1.807) is 6.92 Å². The average Bonchev–Trinajstić information content (AvgIpc) is 2.70. The standard InChI is InChI=1S/C7H11N5O3/c1-4(7(14)15)2-3-8-6(13)5-9-11-12-10-5/h4H,2-3H2,1H3,(H,8,13)(H,14,15)(H,9,10,11,12)/t4-/m1/s1. The van der Waals surface area contributed by atoms with E-state index in [0.29, 0.717) is 6.42 Å². The molecule has 0 spiro atoms. The van der Waals surface area contributed by atoms with Crippen LogP contribution in [0.5, 0.6) is 0 Å². The first-order valence-electron chi connectivity index (χ1n) is 4.35. The van der Waals surface area contributed by atoms with E-state index in [-0.39, 0.29) is 12.4 Å². The van der Waals surface area contributed by atoms with Gasteiger partial charge in [-0.25, -0.2) is 0 Å². The number of aliphatic carboxylic acids is 1. The number of carbonyl (C=O) groups is 2. The van der Waals surface area contributed by atoms with Crippen LogP contribution in [0.15, 0.2) is 0 Å². The number of hydrogen-bond donors (Lipinski definition) is 3. The molecule has 0 aliphatic carbocycles. The molecule has 15 heavy (non-hydrogen) atoms. The fraction of sp³-hybridized carbons (Fsp3) is 0.571. The molecular formula is C7H11N5O3. The van der Waals surface area contributed by atoms with Crippen molar-refractivity contribution in [2.45, 2.75) is 13.3 Å². The lowest BCUT2D eigenvalue weighted by Gasteiger charge is -2.05. The lowest BCUT2D eigenvalue weighted by Crippen LogP contribution is -2.27. The van der Waals surface area contributed by atoms with Gasteiger partial charge in [-0.3, -0.25) is 9.59 Å². The molecule has 1 aromatic rings. The number of aromatic nitrogens is 4. The maximum Gasteiger partial charge on any atom is 0.306 e. The molecule has 8 heteroatoms. The molecule has 1 rings (SSSR count). The van der Waals surface area contributed by atoms with Gasteiger partial charge in [-0.15, -0.1) is 10.2 Å². The van der Waals surface area contributed by atoms with E-state index in [1.807, 2.05) is 0 Å². The van der Waals surface area contributed by atoms with Crippen LogP contribution < -0.4 is 5.32 Å². The van der Waals surface area contributed by atoms with Crippen molar-refractivity contribution >= 4 is 11.9 Å². The Bertz CT molecular complexity index is 336. The van der Waals surface area contributed by atoms with Crippen LogP contribution in [0.4, 0.5) is 0 Å². The normalized spacial score (nSPS) is 12.1. The number of carboxylic acid groups (broad SMARTS) is 1. The first kappa shape index (κ1) is 11.1. The summed E-state index contributed by atoms with van der Waals surface area (Å²) in [5, 5.41) is 23.4. The highest BCUT2D eigenvalue weighted by molar-refractivity contribution is 5.89. The Morgan fingerprint density at radius 1 is 1.60 bits per heavy atom. The summed E-state index contributed by atoms with van der Waals surface area (Å²) in [4.78, 5) is 21.7. The number of nitrogens with one attached hydrogen (secondary N) is 2. The lowest BCUT2D eigenvalue weighted by molar-refractivity contribution is -0.141. The third kappa shape index (κ3) is 3.33.